The first-order valence-electron chi connectivity index (χ1n) is 10.6. The molecule has 30 heavy (non-hydrogen) atoms. The van der Waals surface area contributed by atoms with E-state index >= 15 is 0 Å². The monoisotopic (exact) mass is 407 g/mol. The van der Waals surface area contributed by atoms with Crippen molar-refractivity contribution in [3.63, 3.8) is 0 Å². The van der Waals surface area contributed by atoms with Crippen molar-refractivity contribution in [2.75, 3.05) is 18.0 Å². The van der Waals surface area contributed by atoms with Gasteiger partial charge < -0.3 is 14.4 Å². The van der Waals surface area contributed by atoms with E-state index in [0.29, 0.717) is 18.5 Å². The highest BCUT2D eigenvalue weighted by atomic mass is 16.2. The lowest BCUT2D eigenvalue weighted by atomic mass is 10.0. The van der Waals surface area contributed by atoms with E-state index < -0.39 is 6.04 Å². The van der Waals surface area contributed by atoms with Crippen LogP contribution >= 0.6 is 0 Å². The number of aromatic nitrogens is 2. The Morgan fingerprint density at radius 2 is 1.90 bits per heavy atom. The summed E-state index contributed by atoms with van der Waals surface area (Å²) >= 11 is 0. The van der Waals surface area contributed by atoms with Gasteiger partial charge in [0.2, 0.25) is 17.8 Å². The molecule has 8 heteroatoms. The third-order valence-corrected chi connectivity index (χ3v) is 6.42. The average molecular weight is 407 g/mol. The van der Waals surface area contributed by atoms with E-state index in [2.05, 4.69) is 19.8 Å². The fourth-order valence-corrected chi connectivity index (χ4v) is 4.79. The van der Waals surface area contributed by atoms with Gasteiger partial charge in [0.05, 0.1) is 11.9 Å². The largest absolute Gasteiger partial charge is 0.342 e. The molecule has 3 aliphatic heterocycles. The number of imide groups is 1. The summed E-state index contributed by atoms with van der Waals surface area (Å²) in [7, 11) is 2.03. The highest BCUT2D eigenvalue weighted by molar-refractivity contribution is 6.05. The SMILES string of the molecule is Cn1c(-c2ccc3c(c2)CN(C2CCC(=O)NC2=O)C3=O)cnc1N1CCCCC1. The van der Waals surface area contributed by atoms with Crippen LogP contribution < -0.4 is 10.2 Å². The first-order chi connectivity index (χ1) is 14.5. The second-order valence-electron chi connectivity index (χ2n) is 8.32. The lowest BCUT2D eigenvalue weighted by molar-refractivity contribution is -0.136. The Hall–Kier alpha value is -3.16. The Morgan fingerprint density at radius 1 is 1.10 bits per heavy atom. The Morgan fingerprint density at radius 3 is 2.67 bits per heavy atom. The van der Waals surface area contributed by atoms with Crippen LogP contribution in [0.2, 0.25) is 0 Å². The first-order valence-corrected chi connectivity index (χ1v) is 10.6. The standard InChI is InChI=1S/C22H25N5O3/c1-25-18(12-23-22(25)26-9-3-2-4-10-26)14-5-6-16-15(11-14)13-27(21(16)30)17-7-8-19(28)24-20(17)29/h5-6,11-12,17H,2-4,7-10,13H2,1H3,(H,24,28,29). The summed E-state index contributed by atoms with van der Waals surface area (Å²) < 4.78 is 2.11. The lowest BCUT2D eigenvalue weighted by Crippen LogP contribution is -2.52. The van der Waals surface area contributed by atoms with Gasteiger partial charge in [-0.3, -0.25) is 19.7 Å². The number of nitrogens with zero attached hydrogens (tertiary/aromatic N) is 4. The molecule has 156 valence electrons. The molecular formula is C22H25N5O3. The minimum absolute atomic E-state index is 0.148. The molecule has 1 aromatic carbocycles. The molecule has 3 amide bonds. The van der Waals surface area contributed by atoms with Gasteiger partial charge in [-0.2, -0.15) is 0 Å². The molecule has 1 aromatic heterocycles. The summed E-state index contributed by atoms with van der Waals surface area (Å²) in [5, 5.41) is 2.34. The second kappa shape index (κ2) is 7.27. The van der Waals surface area contributed by atoms with Crippen molar-refractivity contribution in [1.82, 2.24) is 19.8 Å². The summed E-state index contributed by atoms with van der Waals surface area (Å²) in [4.78, 5) is 45.1. The average Bonchev–Trinajstić information content (AvgIpc) is 3.28. The number of benzene rings is 1. The third kappa shape index (κ3) is 3.07. The molecule has 8 nitrogen and oxygen atoms in total. The van der Waals surface area contributed by atoms with Crippen molar-refractivity contribution in [3.8, 4) is 11.3 Å². The molecule has 0 aliphatic carbocycles. The zero-order valence-corrected chi connectivity index (χ0v) is 17.1. The van der Waals surface area contributed by atoms with Gasteiger partial charge in [-0.15, -0.1) is 0 Å². The van der Waals surface area contributed by atoms with E-state index in [-0.39, 0.29) is 24.1 Å². The third-order valence-electron chi connectivity index (χ3n) is 6.42. The van der Waals surface area contributed by atoms with Gasteiger partial charge in [0.15, 0.2) is 0 Å². The molecule has 2 aromatic rings. The Balaban J connectivity index is 1.40. The number of amides is 3. The predicted octanol–water partition coefficient (Wildman–Crippen LogP) is 1.84. The number of anilines is 1. The van der Waals surface area contributed by atoms with Crippen LogP contribution in [-0.2, 0) is 23.2 Å². The Labute approximate surface area is 174 Å². The minimum Gasteiger partial charge on any atom is -0.342 e. The van der Waals surface area contributed by atoms with E-state index in [1.807, 2.05) is 31.4 Å². The molecule has 1 unspecified atom stereocenters. The van der Waals surface area contributed by atoms with E-state index in [0.717, 1.165) is 35.9 Å². The summed E-state index contributed by atoms with van der Waals surface area (Å²) in [6.45, 7) is 2.44. The van der Waals surface area contributed by atoms with Crippen LogP contribution in [0, 0.1) is 0 Å². The summed E-state index contributed by atoms with van der Waals surface area (Å²) in [6.07, 6.45) is 6.18. The normalized spacial score (nSPS) is 21.8. The van der Waals surface area contributed by atoms with Crippen LogP contribution in [0.5, 0.6) is 0 Å². The molecular weight excluding hydrogens is 382 g/mol. The molecule has 2 fully saturated rings. The van der Waals surface area contributed by atoms with Crippen molar-refractivity contribution in [2.45, 2.75) is 44.7 Å². The van der Waals surface area contributed by atoms with Crippen LogP contribution in [0.15, 0.2) is 24.4 Å². The number of imidazole rings is 1. The molecule has 0 spiro atoms. The molecule has 1 N–H and O–H groups in total. The number of hydrogen-bond donors (Lipinski definition) is 1. The van der Waals surface area contributed by atoms with Gasteiger partial charge in [-0.25, -0.2) is 4.98 Å². The topological polar surface area (TPSA) is 87.5 Å². The zero-order valence-electron chi connectivity index (χ0n) is 17.1. The lowest BCUT2D eigenvalue weighted by Gasteiger charge is -2.29. The van der Waals surface area contributed by atoms with Crippen LogP contribution in [0.4, 0.5) is 5.95 Å². The van der Waals surface area contributed by atoms with E-state index in [1.54, 1.807) is 4.90 Å². The minimum atomic E-state index is -0.589. The van der Waals surface area contributed by atoms with Crippen molar-refractivity contribution in [3.05, 3.63) is 35.5 Å². The van der Waals surface area contributed by atoms with E-state index in [4.69, 9.17) is 0 Å². The van der Waals surface area contributed by atoms with Crippen LogP contribution in [0.3, 0.4) is 0 Å². The molecule has 4 heterocycles. The summed E-state index contributed by atoms with van der Waals surface area (Å²) in [5.74, 6) is 0.172. The summed E-state index contributed by atoms with van der Waals surface area (Å²) in [5.41, 5.74) is 3.54. The number of hydrogen-bond acceptors (Lipinski definition) is 5. The second-order valence-corrected chi connectivity index (χ2v) is 8.32. The number of nitrogens with one attached hydrogen (secondary N) is 1. The van der Waals surface area contributed by atoms with Crippen LogP contribution in [0.1, 0.15) is 48.0 Å². The van der Waals surface area contributed by atoms with Gasteiger partial charge >= 0.3 is 0 Å². The fourth-order valence-electron chi connectivity index (χ4n) is 4.79. The van der Waals surface area contributed by atoms with Gasteiger partial charge in [-0.05, 0) is 43.4 Å². The van der Waals surface area contributed by atoms with Crippen molar-refractivity contribution in [2.24, 2.45) is 7.05 Å². The molecule has 5 rings (SSSR count). The number of carbonyl (C=O) groups is 3. The fraction of sp³-hybridized carbons (Fsp3) is 0.455. The smallest absolute Gasteiger partial charge is 0.255 e. The Bertz CT molecular complexity index is 1040. The van der Waals surface area contributed by atoms with Crippen LogP contribution in [0.25, 0.3) is 11.3 Å². The maximum Gasteiger partial charge on any atom is 0.255 e. The quantitative estimate of drug-likeness (QED) is 0.785. The maximum absolute atomic E-state index is 12.9. The predicted molar refractivity (Wildman–Crippen MR) is 111 cm³/mol. The van der Waals surface area contributed by atoms with Gasteiger partial charge in [0, 0.05) is 44.2 Å². The molecule has 0 bridgehead atoms. The van der Waals surface area contributed by atoms with Crippen molar-refractivity contribution in [1.29, 1.82) is 0 Å². The van der Waals surface area contributed by atoms with Crippen molar-refractivity contribution < 1.29 is 14.4 Å². The van der Waals surface area contributed by atoms with E-state index in [1.165, 1.54) is 19.3 Å². The highest BCUT2D eigenvalue weighted by Crippen LogP contribution is 2.32. The number of rotatable bonds is 3. The first kappa shape index (κ1) is 18.8. The Kier molecular flexibility index (Phi) is 4.56. The number of piperidine rings is 2. The van der Waals surface area contributed by atoms with Gasteiger partial charge in [-0.1, -0.05) is 6.07 Å². The van der Waals surface area contributed by atoms with Gasteiger partial charge in [0.25, 0.3) is 5.91 Å². The maximum atomic E-state index is 12.9. The van der Waals surface area contributed by atoms with Crippen LogP contribution in [-0.4, -0.2) is 51.3 Å². The molecule has 1 atom stereocenters. The number of carbonyl (C=O) groups excluding carboxylic acids is 3. The zero-order chi connectivity index (χ0) is 20.8. The molecule has 0 saturated carbocycles. The number of fused-ring (bicyclic) bond motifs is 1. The van der Waals surface area contributed by atoms with Crippen molar-refractivity contribution >= 4 is 23.7 Å². The highest BCUT2D eigenvalue weighted by Gasteiger charge is 2.39. The molecule has 0 radical (unpaired) electrons. The summed E-state index contributed by atoms with van der Waals surface area (Å²) in [6, 6.07) is 5.22. The van der Waals surface area contributed by atoms with Gasteiger partial charge in [0.1, 0.15) is 6.04 Å². The van der Waals surface area contributed by atoms with E-state index in [9.17, 15) is 14.4 Å². The molecule has 2 saturated heterocycles. The molecule has 3 aliphatic rings.